The maximum absolute atomic E-state index is 11.6. The van der Waals surface area contributed by atoms with Crippen molar-refractivity contribution in [3.63, 3.8) is 0 Å². The van der Waals surface area contributed by atoms with E-state index in [0.29, 0.717) is 0 Å². The van der Waals surface area contributed by atoms with Crippen LogP contribution in [-0.4, -0.2) is 103 Å². The summed E-state index contributed by atoms with van der Waals surface area (Å²) < 4.78 is 10.5. The summed E-state index contributed by atoms with van der Waals surface area (Å²) in [5.41, 5.74) is -2.75. The molecule has 12 nitrogen and oxygen atoms in total. The fraction of sp³-hybridized carbons (Fsp3) is 0.429. The number of carbonyl (C=O) groups is 1. The van der Waals surface area contributed by atoms with Gasteiger partial charge in [-0.1, -0.05) is 0 Å². The van der Waals surface area contributed by atoms with E-state index in [-0.39, 0.29) is 28.5 Å². The minimum Gasteiger partial charge on any atom is -0.508 e. The molecule has 1 aliphatic carbocycles. The lowest BCUT2D eigenvalue weighted by atomic mass is 9.75. The van der Waals surface area contributed by atoms with E-state index in [2.05, 4.69) is 4.99 Å². The lowest BCUT2D eigenvalue weighted by molar-refractivity contribution is -0.264. The molecule has 2 aliphatic rings. The molecule has 0 saturated carbocycles. The summed E-state index contributed by atoms with van der Waals surface area (Å²) in [4.78, 5) is 15.7. The van der Waals surface area contributed by atoms with Crippen molar-refractivity contribution in [1.29, 1.82) is 0 Å². The van der Waals surface area contributed by atoms with Crippen molar-refractivity contribution in [3.8, 4) is 11.5 Å². The fourth-order valence-electron chi connectivity index (χ4n) is 3.85. The zero-order valence-corrected chi connectivity index (χ0v) is 17.4. The molecule has 1 fully saturated rings. The third-order valence-electron chi connectivity index (χ3n) is 5.66. The topological polar surface area (TPSA) is 210 Å². The van der Waals surface area contributed by atoms with Crippen molar-refractivity contribution < 1.29 is 55.1 Å². The van der Waals surface area contributed by atoms with Crippen LogP contribution in [0.4, 0.5) is 5.69 Å². The Morgan fingerprint density at radius 1 is 1.21 bits per heavy atom. The first-order valence-corrected chi connectivity index (χ1v) is 9.85. The Bertz CT molecular complexity index is 989. The molecule has 1 aromatic rings. The van der Waals surface area contributed by atoms with E-state index in [1.807, 2.05) is 0 Å². The molecule has 0 radical (unpaired) electrons. The predicted molar refractivity (Wildman–Crippen MR) is 112 cm³/mol. The summed E-state index contributed by atoms with van der Waals surface area (Å²) in [5, 5.41) is 80.9. The molecule has 0 bridgehead atoms. The van der Waals surface area contributed by atoms with Crippen molar-refractivity contribution in [2.24, 2.45) is 10.9 Å². The van der Waals surface area contributed by atoms with E-state index in [1.165, 1.54) is 7.11 Å². The third kappa shape index (κ3) is 4.44. The molecule has 0 amide bonds. The average Bonchev–Trinajstić information content (AvgIpc) is 2.78. The molecule has 3 rings (SSSR count). The molecule has 8 N–H and O–H groups in total. The number of rotatable bonds is 6. The second-order valence-electron chi connectivity index (χ2n) is 7.68. The van der Waals surface area contributed by atoms with Gasteiger partial charge in [0.25, 0.3) is 0 Å². The van der Waals surface area contributed by atoms with Crippen LogP contribution in [0.5, 0.6) is 11.5 Å². The van der Waals surface area contributed by atoms with Crippen LogP contribution >= 0.6 is 0 Å². The van der Waals surface area contributed by atoms with Gasteiger partial charge in [-0.3, -0.25) is 4.99 Å². The van der Waals surface area contributed by atoms with E-state index < -0.39 is 54.6 Å². The summed E-state index contributed by atoms with van der Waals surface area (Å²) in [6.07, 6.45) is -3.71. The quantitative estimate of drug-likeness (QED) is 0.238. The summed E-state index contributed by atoms with van der Waals surface area (Å²) in [6, 6.07) is 2.21. The van der Waals surface area contributed by atoms with E-state index in [4.69, 9.17) is 9.47 Å². The molecule has 33 heavy (non-hydrogen) atoms. The number of allylic oxidation sites excluding steroid dienone is 1. The van der Waals surface area contributed by atoms with Crippen molar-refractivity contribution >= 4 is 17.9 Å². The number of aliphatic imine (C=N–C) groups is 1. The number of aromatic carboxylic acids is 1. The van der Waals surface area contributed by atoms with E-state index in [9.17, 15) is 45.6 Å². The Hall–Kier alpha value is -3.00. The molecule has 0 spiro atoms. The summed E-state index contributed by atoms with van der Waals surface area (Å²) in [6.45, 7) is -0.719. The van der Waals surface area contributed by atoms with Crippen LogP contribution in [0.25, 0.3) is 0 Å². The average molecular weight is 467 g/mol. The minimum atomic E-state index is -2.16. The molecule has 1 aliphatic heterocycles. The lowest BCUT2D eigenvalue weighted by Crippen LogP contribution is -2.66. The molecule has 180 valence electrons. The maximum Gasteiger partial charge on any atom is 0.338 e. The third-order valence-corrected chi connectivity index (χ3v) is 5.66. The van der Waals surface area contributed by atoms with E-state index in [0.717, 1.165) is 36.6 Å². The monoisotopic (exact) mass is 467 g/mol. The second-order valence-corrected chi connectivity index (χ2v) is 7.68. The minimum absolute atomic E-state index is 0.248. The Kier molecular flexibility index (Phi) is 7.07. The first-order valence-electron chi connectivity index (χ1n) is 9.85. The zero-order valence-electron chi connectivity index (χ0n) is 17.4. The molecular weight excluding hydrogens is 442 g/mol. The van der Waals surface area contributed by atoms with E-state index >= 15 is 0 Å². The highest BCUT2D eigenvalue weighted by Crippen LogP contribution is 2.41. The Morgan fingerprint density at radius 3 is 2.52 bits per heavy atom. The molecule has 2 unspecified atom stereocenters. The number of aliphatic hydroxyl groups excluding tert-OH is 5. The number of aromatic hydroxyl groups is 1. The lowest BCUT2D eigenvalue weighted by Gasteiger charge is -2.48. The number of carboxylic acid groups (broad SMARTS) is 1. The van der Waals surface area contributed by atoms with Gasteiger partial charge in [0.1, 0.15) is 47.6 Å². The smallest absolute Gasteiger partial charge is 0.338 e. The standard InChI is InChI=1S/C21H25NO11/c1-32-18-12(25)3-2-11(20(29)30)14(18)22-7-9-6-10(24)4-5-21(9,31)19-17(28)16(27)15(26)13(8-23)33-19/h2-7,9,13,15-17,19,23-28,31H,8H2,1H3,(H,29,30)/t9?,13-,15-,16+,17-,19-,21?/m1/s1. The van der Waals surface area contributed by atoms with Gasteiger partial charge in [-0.15, -0.1) is 0 Å². The first kappa shape index (κ1) is 24.6. The van der Waals surface area contributed by atoms with Gasteiger partial charge in [0, 0.05) is 6.21 Å². The number of phenolic OH excluding ortho intramolecular Hbond substituents is 1. The molecular formula is C21H25NO11. The Morgan fingerprint density at radius 2 is 1.91 bits per heavy atom. The number of benzene rings is 1. The molecule has 0 aromatic heterocycles. The van der Waals surface area contributed by atoms with Gasteiger partial charge >= 0.3 is 5.97 Å². The van der Waals surface area contributed by atoms with Crippen LogP contribution in [-0.2, 0) is 4.74 Å². The van der Waals surface area contributed by atoms with Crippen LogP contribution in [0.1, 0.15) is 10.4 Å². The summed E-state index contributed by atoms with van der Waals surface area (Å²) >= 11 is 0. The van der Waals surface area contributed by atoms with E-state index in [1.54, 1.807) is 0 Å². The van der Waals surface area contributed by atoms with Gasteiger partial charge in [0.15, 0.2) is 11.5 Å². The summed E-state index contributed by atoms with van der Waals surface area (Å²) in [7, 11) is 1.19. The van der Waals surface area contributed by atoms with Crippen molar-refractivity contribution in [3.05, 3.63) is 41.7 Å². The SMILES string of the molecule is COc1c(O)ccc(C(=O)O)c1N=CC1C=C(O)C=CC1(O)[C@@H]1O[C@H](CO)[C@@H](O)[C@H](O)[C@H]1O. The second kappa shape index (κ2) is 9.47. The van der Waals surface area contributed by atoms with Gasteiger partial charge in [-0.05, 0) is 30.4 Å². The van der Waals surface area contributed by atoms with Crippen molar-refractivity contribution in [2.45, 2.75) is 36.1 Å². The van der Waals surface area contributed by atoms with Gasteiger partial charge < -0.3 is 50.3 Å². The zero-order chi connectivity index (χ0) is 24.5. The van der Waals surface area contributed by atoms with Crippen LogP contribution < -0.4 is 4.74 Å². The van der Waals surface area contributed by atoms with Crippen LogP contribution in [0, 0.1) is 5.92 Å². The number of hydrogen-bond acceptors (Lipinski definition) is 11. The van der Waals surface area contributed by atoms with Crippen molar-refractivity contribution in [1.82, 2.24) is 0 Å². The number of methoxy groups -OCH3 is 1. The highest BCUT2D eigenvalue weighted by Gasteiger charge is 2.54. The largest absolute Gasteiger partial charge is 0.508 e. The van der Waals surface area contributed by atoms with Gasteiger partial charge in [-0.25, -0.2) is 4.79 Å². The molecule has 1 saturated heterocycles. The number of aliphatic hydroxyl groups is 6. The first-order chi connectivity index (χ1) is 15.5. The Labute approximate surface area is 187 Å². The van der Waals surface area contributed by atoms with Crippen LogP contribution in [0.3, 0.4) is 0 Å². The van der Waals surface area contributed by atoms with Crippen LogP contribution in [0.2, 0.25) is 0 Å². The van der Waals surface area contributed by atoms with Gasteiger partial charge in [0.05, 0.1) is 25.2 Å². The van der Waals surface area contributed by atoms with Gasteiger partial charge in [0.2, 0.25) is 0 Å². The fourth-order valence-corrected chi connectivity index (χ4v) is 3.85. The maximum atomic E-state index is 11.6. The Balaban J connectivity index is 2.05. The molecule has 12 heteroatoms. The van der Waals surface area contributed by atoms with Gasteiger partial charge in [-0.2, -0.15) is 0 Å². The highest BCUT2D eigenvalue weighted by molar-refractivity contribution is 5.96. The number of ether oxygens (including phenoxy) is 2. The predicted octanol–water partition coefficient (Wildman–Crippen LogP) is -0.997. The number of nitrogens with zero attached hydrogens (tertiary/aromatic N) is 1. The molecule has 7 atom stereocenters. The van der Waals surface area contributed by atoms with Crippen molar-refractivity contribution in [2.75, 3.05) is 13.7 Å². The molecule has 1 aromatic carbocycles. The van der Waals surface area contributed by atoms with Crippen LogP contribution in [0.15, 0.2) is 41.1 Å². The highest BCUT2D eigenvalue weighted by atomic mass is 16.6. The number of phenols is 1. The normalized spacial score (nSPS) is 34.3. The number of hydrogen-bond donors (Lipinski definition) is 8. The summed E-state index contributed by atoms with van der Waals surface area (Å²) in [5.74, 6) is -3.55. The molecule has 1 heterocycles. The number of carboxylic acids is 1.